The van der Waals surface area contributed by atoms with Crippen LogP contribution in [-0.4, -0.2) is 49.2 Å². The van der Waals surface area contributed by atoms with Crippen LogP contribution < -0.4 is 15.4 Å². The van der Waals surface area contributed by atoms with E-state index in [1.165, 1.54) is 0 Å². The fraction of sp³-hybridized carbons (Fsp3) is 0.333. The minimum absolute atomic E-state index is 0.0169. The van der Waals surface area contributed by atoms with Gasteiger partial charge in [0, 0.05) is 28.3 Å². The number of aliphatic hydroxyl groups excluding tert-OH is 1. The average molecular weight is 567 g/mol. The van der Waals surface area contributed by atoms with Crippen molar-refractivity contribution in [1.29, 1.82) is 0 Å². The first-order chi connectivity index (χ1) is 19.5. The monoisotopic (exact) mass is 566 g/mol. The second-order valence-electron chi connectivity index (χ2n) is 9.05. The summed E-state index contributed by atoms with van der Waals surface area (Å²) in [7, 11) is 1.66. The van der Waals surface area contributed by atoms with Crippen LogP contribution in [0.3, 0.4) is 0 Å². The average Bonchev–Trinajstić information content (AvgIpc) is 2.99. The molecule has 40 heavy (non-hydrogen) atoms. The van der Waals surface area contributed by atoms with Crippen molar-refractivity contribution in [2.45, 2.75) is 43.3 Å². The molecule has 9 nitrogen and oxygen atoms in total. The largest absolute Gasteiger partial charge is 0.496 e. The smallest absolute Gasteiger partial charge is 0.325 e. The number of hydrogen-bond donors (Lipinski definition) is 3. The molecule has 3 aromatic rings. The van der Waals surface area contributed by atoms with E-state index in [2.05, 4.69) is 10.6 Å². The number of carbonyl (C=O) groups excluding carboxylic acids is 2. The lowest BCUT2D eigenvalue weighted by Gasteiger charge is -2.36. The first-order valence-corrected chi connectivity index (χ1v) is 14.0. The summed E-state index contributed by atoms with van der Waals surface area (Å²) >= 11 is 1.67. The lowest BCUT2D eigenvalue weighted by atomic mass is 10.0. The molecule has 1 aliphatic heterocycles. The van der Waals surface area contributed by atoms with E-state index >= 15 is 0 Å². The maximum absolute atomic E-state index is 12.1. The number of carbonyl (C=O) groups is 2. The van der Waals surface area contributed by atoms with E-state index in [4.69, 9.17) is 18.9 Å². The molecule has 2 amide bonds. The molecule has 0 aromatic heterocycles. The number of para-hydroxylation sites is 1. The first-order valence-electron chi connectivity index (χ1n) is 13.1. The lowest BCUT2D eigenvalue weighted by Crippen LogP contribution is -2.34. The number of aliphatic hydroxyl groups is 1. The number of nitrogens with one attached hydrogen (secondary N) is 2. The summed E-state index contributed by atoms with van der Waals surface area (Å²) in [5.74, 6) is 1.02. The third kappa shape index (κ3) is 8.22. The Hall–Kier alpha value is -3.57. The zero-order valence-corrected chi connectivity index (χ0v) is 23.3. The molecule has 212 valence electrons. The Morgan fingerprint density at radius 1 is 1.00 bits per heavy atom. The molecule has 1 saturated heterocycles. The van der Waals surface area contributed by atoms with Gasteiger partial charge in [-0.05, 0) is 42.3 Å². The van der Waals surface area contributed by atoms with Crippen molar-refractivity contribution in [3.63, 3.8) is 0 Å². The van der Waals surface area contributed by atoms with Gasteiger partial charge in [-0.25, -0.2) is 4.79 Å². The number of urea groups is 1. The Bertz CT molecular complexity index is 1250. The van der Waals surface area contributed by atoms with E-state index < -0.39 is 18.3 Å². The summed E-state index contributed by atoms with van der Waals surface area (Å²) in [5.41, 5.74) is 3.21. The Morgan fingerprint density at radius 3 is 2.42 bits per heavy atom. The number of benzene rings is 3. The van der Waals surface area contributed by atoms with Crippen molar-refractivity contribution in [2.24, 2.45) is 0 Å². The second kappa shape index (κ2) is 14.7. The summed E-state index contributed by atoms with van der Waals surface area (Å²) in [6.45, 7) is 1.73. The van der Waals surface area contributed by atoms with Crippen molar-refractivity contribution in [3.05, 3.63) is 89.5 Å². The number of esters is 1. The normalized spacial score (nSPS) is 18.5. The number of ether oxygens (including phenoxy) is 4. The molecule has 0 radical (unpaired) electrons. The van der Waals surface area contributed by atoms with Gasteiger partial charge < -0.3 is 34.7 Å². The highest BCUT2D eigenvalue weighted by Gasteiger charge is 2.32. The molecule has 0 saturated carbocycles. The fourth-order valence-electron chi connectivity index (χ4n) is 4.21. The summed E-state index contributed by atoms with van der Waals surface area (Å²) in [6.07, 6.45) is -0.271. The van der Waals surface area contributed by atoms with E-state index in [0.29, 0.717) is 17.9 Å². The van der Waals surface area contributed by atoms with Crippen LogP contribution in [0.1, 0.15) is 42.4 Å². The maximum Gasteiger partial charge on any atom is 0.325 e. The predicted octanol–water partition coefficient (Wildman–Crippen LogP) is 5.21. The summed E-state index contributed by atoms with van der Waals surface area (Å²) in [5, 5.41) is 14.6. The van der Waals surface area contributed by atoms with Crippen molar-refractivity contribution in [1.82, 2.24) is 5.32 Å². The third-order valence-electron chi connectivity index (χ3n) is 6.25. The molecule has 4 rings (SSSR count). The predicted molar refractivity (Wildman–Crippen MR) is 152 cm³/mol. The fourth-order valence-corrected chi connectivity index (χ4v) is 5.26. The van der Waals surface area contributed by atoms with Gasteiger partial charge >= 0.3 is 12.0 Å². The summed E-state index contributed by atoms with van der Waals surface area (Å²) in [6, 6.07) is 22.3. The van der Waals surface area contributed by atoms with Crippen LogP contribution in [0.5, 0.6) is 5.75 Å². The maximum atomic E-state index is 12.1. The van der Waals surface area contributed by atoms with Crippen LogP contribution in [0.15, 0.2) is 77.7 Å². The van der Waals surface area contributed by atoms with Gasteiger partial charge in [0.15, 0.2) is 6.29 Å². The molecule has 0 spiro atoms. The van der Waals surface area contributed by atoms with Gasteiger partial charge in [0.25, 0.3) is 0 Å². The van der Waals surface area contributed by atoms with Crippen molar-refractivity contribution >= 4 is 29.4 Å². The van der Waals surface area contributed by atoms with Gasteiger partial charge in [-0.3, -0.25) is 4.79 Å². The topological polar surface area (TPSA) is 115 Å². The molecule has 0 bridgehead atoms. The van der Waals surface area contributed by atoms with Crippen LogP contribution >= 0.6 is 11.8 Å². The third-order valence-corrected chi connectivity index (χ3v) is 7.43. The molecule has 1 fully saturated rings. The van der Waals surface area contributed by atoms with Crippen molar-refractivity contribution in [2.75, 3.05) is 31.3 Å². The van der Waals surface area contributed by atoms with E-state index in [1.807, 2.05) is 60.7 Å². The molecule has 0 unspecified atom stereocenters. The Balaban J connectivity index is 1.45. The number of amides is 2. The summed E-state index contributed by atoms with van der Waals surface area (Å²) in [4.78, 5) is 24.6. The van der Waals surface area contributed by atoms with Crippen molar-refractivity contribution < 1.29 is 33.6 Å². The zero-order chi connectivity index (χ0) is 28.3. The SMILES string of the molecule is CCOC(=O)CNC(=O)Nc1ccc([C@@H]2O[C@H](CSc3ccccc3OC)C[C@H](c3ccc(CO)cc3)O2)cc1. The van der Waals surface area contributed by atoms with Crippen LogP contribution in [0.4, 0.5) is 10.5 Å². The van der Waals surface area contributed by atoms with Gasteiger partial charge in [0.1, 0.15) is 12.3 Å². The van der Waals surface area contributed by atoms with E-state index in [1.54, 1.807) is 37.9 Å². The number of methoxy groups -OCH3 is 1. The number of hydrogen-bond acceptors (Lipinski definition) is 8. The van der Waals surface area contributed by atoms with Gasteiger partial charge in [0.05, 0.1) is 32.5 Å². The zero-order valence-electron chi connectivity index (χ0n) is 22.5. The molecule has 10 heteroatoms. The Labute approximate surface area is 238 Å². The lowest BCUT2D eigenvalue weighted by molar-refractivity contribution is -0.245. The second-order valence-corrected chi connectivity index (χ2v) is 10.1. The number of rotatable bonds is 11. The molecular formula is C30H34N2O7S. The van der Waals surface area contributed by atoms with E-state index in [9.17, 15) is 14.7 Å². The quantitative estimate of drug-likeness (QED) is 0.214. The van der Waals surface area contributed by atoms with E-state index in [-0.39, 0.29) is 32.0 Å². The van der Waals surface area contributed by atoms with Crippen LogP contribution in [0, 0.1) is 0 Å². The van der Waals surface area contributed by atoms with Crippen molar-refractivity contribution in [3.8, 4) is 5.75 Å². The minimum Gasteiger partial charge on any atom is -0.496 e. The minimum atomic E-state index is -0.619. The van der Waals surface area contributed by atoms with Crippen LogP contribution in [0.2, 0.25) is 0 Å². The molecular weight excluding hydrogens is 532 g/mol. The van der Waals surface area contributed by atoms with E-state index in [0.717, 1.165) is 27.3 Å². The van der Waals surface area contributed by atoms with Gasteiger partial charge in [-0.2, -0.15) is 0 Å². The highest BCUT2D eigenvalue weighted by Crippen LogP contribution is 2.40. The first kappa shape index (κ1) is 29.4. The number of anilines is 1. The molecule has 3 N–H and O–H groups in total. The molecule has 1 aliphatic rings. The summed E-state index contributed by atoms with van der Waals surface area (Å²) < 4.78 is 23.1. The highest BCUT2D eigenvalue weighted by atomic mass is 32.2. The molecule has 3 aromatic carbocycles. The van der Waals surface area contributed by atoms with Crippen LogP contribution in [-0.2, 0) is 25.6 Å². The standard InChI is InChI=1S/C30H34N2O7S/c1-3-37-28(34)17-31-30(35)32-23-14-12-22(13-15-23)29-38-24(19-40-27-7-5-4-6-25(27)36-2)16-26(39-29)21-10-8-20(18-33)9-11-21/h4-15,24,26,29,33H,3,16-19H2,1-2H3,(H2,31,32,35)/t24-,26+,29+/m0/s1. The van der Waals surface area contributed by atoms with Gasteiger partial charge in [-0.1, -0.05) is 48.5 Å². The van der Waals surface area contributed by atoms with Gasteiger partial charge in [-0.15, -0.1) is 11.8 Å². The van der Waals surface area contributed by atoms with Crippen LogP contribution in [0.25, 0.3) is 0 Å². The van der Waals surface area contributed by atoms with Gasteiger partial charge in [0.2, 0.25) is 0 Å². The Morgan fingerprint density at radius 2 is 1.73 bits per heavy atom. The molecule has 0 aliphatic carbocycles. The number of thioether (sulfide) groups is 1. The highest BCUT2D eigenvalue weighted by molar-refractivity contribution is 7.99. The molecule has 1 heterocycles. The molecule has 3 atom stereocenters. The Kier molecular flexibility index (Phi) is 10.8.